The van der Waals surface area contributed by atoms with Crippen LogP contribution in [0.2, 0.25) is 0 Å². The van der Waals surface area contributed by atoms with E-state index in [0.717, 1.165) is 24.9 Å². The van der Waals surface area contributed by atoms with Crippen molar-refractivity contribution in [3.63, 3.8) is 0 Å². The number of anilines is 1. The molecule has 1 saturated carbocycles. The highest BCUT2D eigenvalue weighted by atomic mass is 16.5. The topological polar surface area (TPSA) is 75.7 Å². The van der Waals surface area contributed by atoms with E-state index in [0.29, 0.717) is 18.5 Å². The molecule has 2 amide bonds. The molecule has 6 nitrogen and oxygen atoms in total. The summed E-state index contributed by atoms with van der Waals surface area (Å²) in [5.74, 6) is -0.700. The first-order valence-corrected chi connectivity index (χ1v) is 7.96. The zero-order valence-electron chi connectivity index (χ0n) is 13.1. The van der Waals surface area contributed by atoms with E-state index in [1.54, 1.807) is 36.1 Å². The fourth-order valence-corrected chi connectivity index (χ4v) is 2.53. The zero-order chi connectivity index (χ0) is 16.4. The van der Waals surface area contributed by atoms with Crippen LogP contribution in [-0.2, 0) is 14.3 Å². The van der Waals surface area contributed by atoms with Crippen molar-refractivity contribution >= 4 is 23.5 Å². The van der Waals surface area contributed by atoms with Crippen LogP contribution < -0.4 is 10.2 Å². The lowest BCUT2D eigenvalue weighted by atomic mass is 10.2. The summed E-state index contributed by atoms with van der Waals surface area (Å²) in [6.45, 7) is 2.27. The molecule has 2 aliphatic rings. The van der Waals surface area contributed by atoms with Crippen LogP contribution in [0.25, 0.3) is 0 Å². The lowest BCUT2D eigenvalue weighted by Crippen LogP contribution is -2.37. The Bertz CT molecular complexity index is 622. The second-order valence-corrected chi connectivity index (χ2v) is 6.03. The van der Waals surface area contributed by atoms with Crippen LogP contribution in [0.15, 0.2) is 24.3 Å². The number of nitrogens with zero attached hydrogens (tertiary/aromatic N) is 1. The summed E-state index contributed by atoms with van der Waals surface area (Å²) in [5, 5.41) is 2.80. The minimum atomic E-state index is -0.817. The van der Waals surface area contributed by atoms with Crippen molar-refractivity contribution < 1.29 is 19.1 Å². The quantitative estimate of drug-likeness (QED) is 0.838. The predicted molar refractivity (Wildman–Crippen MR) is 84.1 cm³/mol. The highest BCUT2D eigenvalue weighted by Crippen LogP contribution is 2.22. The van der Waals surface area contributed by atoms with Crippen LogP contribution in [0.5, 0.6) is 0 Å². The molecule has 0 aromatic heterocycles. The van der Waals surface area contributed by atoms with Crippen molar-refractivity contribution in [2.75, 3.05) is 11.4 Å². The van der Waals surface area contributed by atoms with Gasteiger partial charge in [-0.05, 0) is 50.5 Å². The molecule has 0 radical (unpaired) electrons. The molecule has 1 aliphatic carbocycles. The summed E-state index contributed by atoms with van der Waals surface area (Å²) in [7, 11) is 0. The molecule has 1 aromatic carbocycles. The van der Waals surface area contributed by atoms with Gasteiger partial charge in [0.05, 0.1) is 5.56 Å². The van der Waals surface area contributed by atoms with E-state index in [1.807, 2.05) is 0 Å². The summed E-state index contributed by atoms with van der Waals surface area (Å²) in [6, 6.07) is 6.94. The molecule has 1 saturated heterocycles. The monoisotopic (exact) mass is 316 g/mol. The average molecular weight is 316 g/mol. The molecule has 3 rings (SSSR count). The molecule has 1 aromatic rings. The van der Waals surface area contributed by atoms with Crippen LogP contribution in [0.4, 0.5) is 5.69 Å². The van der Waals surface area contributed by atoms with E-state index in [4.69, 9.17) is 4.74 Å². The first-order valence-electron chi connectivity index (χ1n) is 7.96. The Hall–Kier alpha value is -2.37. The maximum absolute atomic E-state index is 12.1. The SMILES string of the molecule is C[C@H](OC(=O)c1ccc(N2CCCC2=O)cc1)C(=O)NC1CC1. The van der Waals surface area contributed by atoms with Gasteiger partial charge in [0.15, 0.2) is 6.10 Å². The molecule has 1 heterocycles. The lowest BCUT2D eigenvalue weighted by Gasteiger charge is -2.16. The molecule has 1 N–H and O–H groups in total. The second-order valence-electron chi connectivity index (χ2n) is 6.03. The van der Waals surface area contributed by atoms with Crippen molar-refractivity contribution in [3.8, 4) is 0 Å². The second kappa shape index (κ2) is 6.40. The van der Waals surface area contributed by atoms with Crippen LogP contribution in [-0.4, -0.2) is 36.5 Å². The van der Waals surface area contributed by atoms with Crippen molar-refractivity contribution in [2.24, 2.45) is 0 Å². The van der Waals surface area contributed by atoms with Gasteiger partial charge in [-0.1, -0.05) is 0 Å². The van der Waals surface area contributed by atoms with Gasteiger partial charge in [0.2, 0.25) is 5.91 Å². The molecule has 23 heavy (non-hydrogen) atoms. The van der Waals surface area contributed by atoms with Crippen molar-refractivity contribution in [1.29, 1.82) is 0 Å². The third-order valence-corrected chi connectivity index (χ3v) is 4.06. The normalized spacial score (nSPS) is 18.7. The number of carbonyl (C=O) groups is 3. The molecule has 1 aliphatic heterocycles. The summed E-state index contributed by atoms with van der Waals surface area (Å²) in [4.78, 5) is 37.3. The number of nitrogens with one attached hydrogen (secondary N) is 1. The van der Waals surface area contributed by atoms with Gasteiger partial charge in [0.25, 0.3) is 5.91 Å². The molecule has 1 atom stereocenters. The van der Waals surface area contributed by atoms with Gasteiger partial charge in [-0.2, -0.15) is 0 Å². The number of ether oxygens (including phenoxy) is 1. The Morgan fingerprint density at radius 1 is 1.26 bits per heavy atom. The fourth-order valence-electron chi connectivity index (χ4n) is 2.53. The number of rotatable bonds is 5. The summed E-state index contributed by atoms with van der Waals surface area (Å²) < 4.78 is 5.18. The first-order chi connectivity index (χ1) is 11.0. The average Bonchev–Trinajstić information content (AvgIpc) is 3.25. The van der Waals surface area contributed by atoms with Crippen LogP contribution in [0.1, 0.15) is 43.0 Å². The van der Waals surface area contributed by atoms with Crippen molar-refractivity contribution in [3.05, 3.63) is 29.8 Å². The predicted octanol–water partition coefficient (Wildman–Crippen LogP) is 1.64. The van der Waals surface area contributed by atoms with Gasteiger partial charge in [-0.15, -0.1) is 0 Å². The molecule has 0 unspecified atom stereocenters. The molecule has 2 fully saturated rings. The van der Waals surface area contributed by atoms with Crippen LogP contribution >= 0.6 is 0 Å². The van der Waals surface area contributed by atoms with Gasteiger partial charge in [0, 0.05) is 24.7 Å². The van der Waals surface area contributed by atoms with E-state index in [1.165, 1.54) is 0 Å². The van der Waals surface area contributed by atoms with E-state index >= 15 is 0 Å². The van der Waals surface area contributed by atoms with E-state index in [9.17, 15) is 14.4 Å². The van der Waals surface area contributed by atoms with E-state index in [2.05, 4.69) is 5.32 Å². The Morgan fingerprint density at radius 2 is 1.96 bits per heavy atom. The summed E-state index contributed by atoms with van der Waals surface area (Å²) >= 11 is 0. The summed E-state index contributed by atoms with van der Waals surface area (Å²) in [6.07, 6.45) is 2.59. The first kappa shape index (κ1) is 15.5. The van der Waals surface area contributed by atoms with Gasteiger partial charge in [-0.3, -0.25) is 9.59 Å². The van der Waals surface area contributed by atoms with Crippen LogP contribution in [0.3, 0.4) is 0 Å². The van der Waals surface area contributed by atoms with Gasteiger partial charge < -0.3 is 15.0 Å². The number of esters is 1. The standard InChI is InChI=1S/C17H20N2O4/c1-11(16(21)18-13-6-7-13)23-17(22)12-4-8-14(9-5-12)19-10-2-3-15(19)20/h4-5,8-9,11,13H,2-3,6-7,10H2,1H3,(H,18,21)/t11-/m0/s1. The maximum atomic E-state index is 12.1. The Morgan fingerprint density at radius 3 is 2.52 bits per heavy atom. The Labute approximate surface area is 134 Å². The number of amides is 2. The highest BCUT2D eigenvalue weighted by molar-refractivity contribution is 5.96. The van der Waals surface area contributed by atoms with Gasteiger partial charge >= 0.3 is 5.97 Å². The van der Waals surface area contributed by atoms with Crippen molar-refractivity contribution in [2.45, 2.75) is 44.8 Å². The van der Waals surface area contributed by atoms with Crippen molar-refractivity contribution in [1.82, 2.24) is 5.32 Å². The molecular weight excluding hydrogens is 296 g/mol. The smallest absolute Gasteiger partial charge is 0.338 e. The molecule has 0 bridgehead atoms. The minimum Gasteiger partial charge on any atom is -0.449 e. The molecule has 0 spiro atoms. The third kappa shape index (κ3) is 3.70. The fraction of sp³-hybridized carbons (Fsp3) is 0.471. The number of hydrogen-bond donors (Lipinski definition) is 1. The highest BCUT2D eigenvalue weighted by Gasteiger charge is 2.27. The molecule has 6 heteroatoms. The number of carbonyl (C=O) groups excluding carboxylic acids is 3. The largest absolute Gasteiger partial charge is 0.449 e. The molecular formula is C17H20N2O4. The Kier molecular flexibility index (Phi) is 4.32. The Balaban J connectivity index is 1.58. The summed E-state index contributed by atoms with van der Waals surface area (Å²) in [5.41, 5.74) is 1.15. The van der Waals surface area contributed by atoms with E-state index in [-0.39, 0.29) is 17.9 Å². The van der Waals surface area contributed by atoms with Crippen LogP contribution in [0, 0.1) is 0 Å². The lowest BCUT2D eigenvalue weighted by molar-refractivity contribution is -0.129. The van der Waals surface area contributed by atoms with Gasteiger partial charge in [-0.25, -0.2) is 4.79 Å². The number of hydrogen-bond acceptors (Lipinski definition) is 4. The van der Waals surface area contributed by atoms with E-state index < -0.39 is 12.1 Å². The molecule has 122 valence electrons. The number of benzene rings is 1. The minimum absolute atomic E-state index is 0.102. The maximum Gasteiger partial charge on any atom is 0.338 e. The van der Waals surface area contributed by atoms with Gasteiger partial charge in [0.1, 0.15) is 0 Å². The zero-order valence-corrected chi connectivity index (χ0v) is 13.1. The third-order valence-electron chi connectivity index (χ3n) is 4.06.